The molecule has 1 aliphatic heterocycles. The van der Waals surface area contributed by atoms with E-state index in [-0.39, 0.29) is 31.0 Å². The number of rotatable bonds is 9. The molecule has 4 amide bonds. The number of aliphatic hydroxyl groups excluding tert-OH is 1. The van der Waals surface area contributed by atoms with Crippen LogP contribution in [-0.4, -0.2) is 77.5 Å². The third-order valence-electron chi connectivity index (χ3n) is 7.15. The van der Waals surface area contributed by atoms with Crippen LogP contribution in [0, 0.1) is 17.8 Å². The quantitative estimate of drug-likeness (QED) is 0.403. The number of hydrogen-bond donors (Lipinski definition) is 3. The fraction of sp³-hybridized carbons (Fsp3) is 0.419. The van der Waals surface area contributed by atoms with Gasteiger partial charge in [-0.2, -0.15) is 0 Å². The van der Waals surface area contributed by atoms with Gasteiger partial charge in [0.05, 0.1) is 12.1 Å². The summed E-state index contributed by atoms with van der Waals surface area (Å²) in [6.45, 7) is 5.07. The lowest BCUT2D eigenvalue weighted by atomic mass is 9.79. The molecule has 0 aromatic heterocycles. The number of carbonyl (C=O) groups excluding carboxylic acids is 4. The number of hydrogen-bond acceptors (Lipinski definition) is 6. The van der Waals surface area contributed by atoms with Gasteiger partial charge < -0.3 is 30.3 Å². The second-order valence-electron chi connectivity index (χ2n) is 11.1. The van der Waals surface area contributed by atoms with Crippen LogP contribution >= 0.6 is 0 Å². The lowest BCUT2D eigenvalue weighted by molar-refractivity contribution is -0.143. The van der Waals surface area contributed by atoms with E-state index in [2.05, 4.69) is 16.6 Å². The summed E-state index contributed by atoms with van der Waals surface area (Å²) in [5.74, 6) is 1.53. The van der Waals surface area contributed by atoms with Gasteiger partial charge in [0.1, 0.15) is 17.8 Å². The Labute approximate surface area is 241 Å². The van der Waals surface area contributed by atoms with E-state index in [1.807, 2.05) is 12.1 Å². The molecule has 0 unspecified atom stereocenters. The number of terminal acetylenes is 1. The molecule has 0 aliphatic carbocycles. The van der Waals surface area contributed by atoms with E-state index in [9.17, 15) is 24.3 Å². The molecule has 2 aromatic carbocycles. The number of β-amino-alcohol motifs (C(OH)–C–C–N with tert-alkyl or cyclic N) is 1. The van der Waals surface area contributed by atoms with E-state index in [0.29, 0.717) is 5.56 Å². The molecule has 3 rings (SSSR count). The number of nitrogens with zero attached hydrogens (tertiary/aromatic N) is 2. The molecule has 1 heterocycles. The fourth-order valence-electron chi connectivity index (χ4n) is 4.72. The molecular weight excluding hydrogens is 524 g/mol. The number of aliphatic hydroxyl groups is 1. The molecule has 1 fully saturated rings. The van der Waals surface area contributed by atoms with Gasteiger partial charge in [0.2, 0.25) is 17.7 Å². The Balaban J connectivity index is 1.84. The van der Waals surface area contributed by atoms with E-state index in [1.54, 1.807) is 77.3 Å². The highest BCUT2D eigenvalue weighted by Gasteiger charge is 2.47. The van der Waals surface area contributed by atoms with Crippen LogP contribution in [0.1, 0.15) is 50.8 Å². The Morgan fingerprint density at radius 1 is 1.10 bits per heavy atom. The Morgan fingerprint density at radius 3 is 2.32 bits per heavy atom. The number of carbonyl (C=O) groups is 4. The first-order valence-electron chi connectivity index (χ1n) is 13.4. The second-order valence-corrected chi connectivity index (χ2v) is 11.1. The first-order chi connectivity index (χ1) is 19.3. The monoisotopic (exact) mass is 562 g/mol. The number of amides is 4. The molecule has 1 saturated heterocycles. The smallest absolute Gasteiger partial charge is 0.410 e. The topological polar surface area (TPSA) is 128 Å². The van der Waals surface area contributed by atoms with Crippen LogP contribution in [-0.2, 0) is 14.4 Å². The highest BCUT2D eigenvalue weighted by Crippen LogP contribution is 2.31. The number of likely N-dealkylation sites (tertiary alicyclic amines) is 1. The van der Waals surface area contributed by atoms with Crippen molar-refractivity contribution in [2.45, 2.75) is 57.8 Å². The van der Waals surface area contributed by atoms with Gasteiger partial charge in [0, 0.05) is 44.5 Å². The standard InChI is InChI=1S/C31H38N4O6/c1-7-21-13-15-22(16-14-21)20(2)32-28(38)25-17-23(36)19-35(25)29(39)27(31(3,4)18-26(37)34(5)6)33-30(40)41-24-11-9-8-10-12-24/h1,8-16,20,23,25,27,36H,17-19H2,2-6H3,(H,32,38)(H,33,40)/t20-,23+,25-,27-/m0/s1. The van der Waals surface area contributed by atoms with Gasteiger partial charge in [0.25, 0.3) is 0 Å². The van der Waals surface area contributed by atoms with E-state index in [1.165, 1.54) is 9.80 Å². The molecule has 0 spiro atoms. The molecule has 0 saturated carbocycles. The van der Waals surface area contributed by atoms with E-state index < -0.39 is 47.6 Å². The molecule has 10 heteroatoms. The van der Waals surface area contributed by atoms with Crippen molar-refractivity contribution < 1.29 is 29.0 Å². The zero-order valence-corrected chi connectivity index (χ0v) is 24.1. The van der Waals surface area contributed by atoms with Gasteiger partial charge in [-0.3, -0.25) is 14.4 Å². The fourth-order valence-corrected chi connectivity index (χ4v) is 4.72. The highest BCUT2D eigenvalue weighted by atomic mass is 16.6. The molecule has 10 nitrogen and oxygen atoms in total. The zero-order chi connectivity index (χ0) is 30.3. The minimum Gasteiger partial charge on any atom is -0.410 e. The molecule has 3 N–H and O–H groups in total. The number of para-hydroxylation sites is 1. The first-order valence-corrected chi connectivity index (χ1v) is 13.4. The summed E-state index contributed by atoms with van der Waals surface area (Å²) < 4.78 is 5.36. The molecule has 0 radical (unpaired) electrons. The maximum Gasteiger partial charge on any atom is 0.413 e. The van der Waals surface area contributed by atoms with E-state index >= 15 is 0 Å². The lowest BCUT2D eigenvalue weighted by Crippen LogP contribution is -2.59. The summed E-state index contributed by atoms with van der Waals surface area (Å²) in [4.78, 5) is 55.6. The predicted molar refractivity (Wildman–Crippen MR) is 154 cm³/mol. The van der Waals surface area contributed by atoms with Gasteiger partial charge in [0.15, 0.2) is 0 Å². The Bertz CT molecular complexity index is 1290. The molecule has 0 bridgehead atoms. The van der Waals surface area contributed by atoms with Crippen molar-refractivity contribution >= 4 is 23.8 Å². The molecule has 2 aromatic rings. The molecule has 4 atom stereocenters. The van der Waals surface area contributed by atoms with Gasteiger partial charge >= 0.3 is 6.09 Å². The minimum atomic E-state index is -1.24. The van der Waals surface area contributed by atoms with Crippen LogP contribution in [0.4, 0.5) is 4.79 Å². The summed E-state index contributed by atoms with van der Waals surface area (Å²) in [6, 6.07) is 12.9. The molecule has 218 valence electrons. The largest absolute Gasteiger partial charge is 0.413 e. The third kappa shape index (κ3) is 8.08. The van der Waals surface area contributed by atoms with Crippen LogP contribution in [0.5, 0.6) is 5.75 Å². The van der Waals surface area contributed by atoms with Crippen LogP contribution < -0.4 is 15.4 Å². The Kier molecular flexibility index (Phi) is 10.1. The summed E-state index contributed by atoms with van der Waals surface area (Å²) in [6.07, 6.45) is 3.56. The van der Waals surface area contributed by atoms with Crippen LogP contribution in [0.3, 0.4) is 0 Å². The second kappa shape index (κ2) is 13.3. The Morgan fingerprint density at radius 2 is 1.73 bits per heavy atom. The molecular formula is C31H38N4O6. The van der Waals surface area contributed by atoms with Gasteiger partial charge in [-0.05, 0) is 36.8 Å². The number of nitrogens with one attached hydrogen (secondary N) is 2. The van der Waals surface area contributed by atoms with E-state index in [4.69, 9.17) is 11.2 Å². The maximum absolute atomic E-state index is 14.0. The Hall–Kier alpha value is -4.36. The van der Waals surface area contributed by atoms with Crippen molar-refractivity contribution in [3.05, 3.63) is 65.7 Å². The van der Waals surface area contributed by atoms with Crippen LogP contribution in [0.25, 0.3) is 0 Å². The van der Waals surface area contributed by atoms with E-state index in [0.717, 1.165) is 5.56 Å². The molecule has 1 aliphatic rings. The summed E-state index contributed by atoms with van der Waals surface area (Å²) >= 11 is 0. The average molecular weight is 563 g/mol. The summed E-state index contributed by atoms with van der Waals surface area (Å²) in [5, 5.41) is 16.0. The normalized spacial score (nSPS) is 18.0. The van der Waals surface area contributed by atoms with Crippen molar-refractivity contribution in [1.82, 2.24) is 20.4 Å². The summed E-state index contributed by atoms with van der Waals surface area (Å²) in [5.41, 5.74) is 0.456. The maximum atomic E-state index is 14.0. The van der Waals surface area contributed by atoms with Crippen LogP contribution in [0.15, 0.2) is 54.6 Å². The van der Waals surface area contributed by atoms with Crippen molar-refractivity contribution in [2.75, 3.05) is 20.6 Å². The average Bonchev–Trinajstić information content (AvgIpc) is 3.33. The van der Waals surface area contributed by atoms with Gasteiger partial charge in [-0.1, -0.05) is 50.1 Å². The lowest BCUT2D eigenvalue weighted by Gasteiger charge is -2.37. The van der Waals surface area contributed by atoms with Crippen LogP contribution in [0.2, 0.25) is 0 Å². The van der Waals surface area contributed by atoms with Crippen molar-refractivity contribution in [3.63, 3.8) is 0 Å². The predicted octanol–water partition coefficient (Wildman–Crippen LogP) is 2.47. The molecule has 41 heavy (non-hydrogen) atoms. The number of ether oxygens (including phenoxy) is 1. The van der Waals surface area contributed by atoms with Crippen molar-refractivity contribution in [3.8, 4) is 18.1 Å². The third-order valence-corrected chi connectivity index (χ3v) is 7.15. The van der Waals surface area contributed by atoms with Crippen molar-refractivity contribution in [1.29, 1.82) is 0 Å². The zero-order valence-electron chi connectivity index (χ0n) is 24.1. The number of benzene rings is 2. The summed E-state index contributed by atoms with van der Waals surface area (Å²) in [7, 11) is 3.20. The first kappa shape index (κ1) is 31.2. The highest BCUT2D eigenvalue weighted by molar-refractivity contribution is 5.93. The minimum absolute atomic E-state index is 0.0264. The van der Waals surface area contributed by atoms with Gasteiger partial charge in [-0.25, -0.2) is 4.79 Å². The van der Waals surface area contributed by atoms with Gasteiger partial charge in [-0.15, -0.1) is 6.42 Å². The SMILES string of the molecule is C#Cc1ccc([C@H](C)NC(=O)[C@@H]2C[C@@H](O)CN2C(=O)[C@H](NC(=O)Oc2ccccc2)C(C)(C)CC(=O)N(C)C)cc1. The van der Waals surface area contributed by atoms with Crippen molar-refractivity contribution in [2.24, 2.45) is 5.41 Å².